The lowest BCUT2D eigenvalue weighted by molar-refractivity contribution is 0.0375. The van der Waals surface area contributed by atoms with Gasteiger partial charge in [-0.05, 0) is 30.7 Å². The molecule has 2 amide bonds. The first-order valence-electron chi connectivity index (χ1n) is 7.59. The van der Waals surface area contributed by atoms with Crippen LogP contribution in [0.4, 0.5) is 4.79 Å². The molecule has 118 valence electrons. The molecule has 22 heavy (non-hydrogen) atoms. The number of hydrogen-bond donors (Lipinski definition) is 2. The molecule has 0 saturated carbocycles. The van der Waals surface area contributed by atoms with Gasteiger partial charge >= 0.3 is 6.03 Å². The molecule has 0 bridgehead atoms. The summed E-state index contributed by atoms with van der Waals surface area (Å²) in [6.45, 7) is 5.61. The van der Waals surface area contributed by atoms with E-state index >= 15 is 0 Å². The monoisotopic (exact) mass is 302 g/mol. The van der Waals surface area contributed by atoms with Crippen LogP contribution in [0.3, 0.4) is 0 Å². The summed E-state index contributed by atoms with van der Waals surface area (Å²) < 4.78 is 5.29. The molecule has 0 aromatic heterocycles. The molecule has 0 spiro atoms. The van der Waals surface area contributed by atoms with E-state index in [0.29, 0.717) is 18.7 Å². The maximum absolute atomic E-state index is 11.7. The van der Waals surface area contributed by atoms with Gasteiger partial charge in [0.1, 0.15) is 0 Å². The van der Waals surface area contributed by atoms with Gasteiger partial charge < -0.3 is 15.4 Å². The zero-order valence-corrected chi connectivity index (χ0v) is 12.7. The number of ether oxygens (including phenoxy) is 1. The van der Waals surface area contributed by atoms with Crippen molar-refractivity contribution in [2.24, 2.45) is 0 Å². The molecule has 1 aliphatic heterocycles. The number of carbonyl (C=O) groups is 1. The average Bonchev–Trinajstić information content (AvgIpc) is 2.58. The summed E-state index contributed by atoms with van der Waals surface area (Å²) in [5, 5.41) is 14.5. The Labute approximate surface area is 131 Å². The Morgan fingerprint density at radius 3 is 2.91 bits per heavy atom. The molecule has 6 nitrogen and oxygen atoms in total. The summed E-state index contributed by atoms with van der Waals surface area (Å²) in [4.78, 5) is 14.0. The van der Waals surface area contributed by atoms with E-state index in [0.717, 1.165) is 44.8 Å². The van der Waals surface area contributed by atoms with Gasteiger partial charge in [-0.1, -0.05) is 12.1 Å². The fourth-order valence-corrected chi connectivity index (χ4v) is 2.33. The van der Waals surface area contributed by atoms with E-state index in [4.69, 9.17) is 10.00 Å². The van der Waals surface area contributed by atoms with Crippen LogP contribution in [-0.4, -0.2) is 50.3 Å². The van der Waals surface area contributed by atoms with Crippen molar-refractivity contribution in [1.82, 2.24) is 15.5 Å². The van der Waals surface area contributed by atoms with Crippen LogP contribution in [0.1, 0.15) is 17.5 Å². The fourth-order valence-electron chi connectivity index (χ4n) is 2.33. The van der Waals surface area contributed by atoms with E-state index in [2.05, 4.69) is 21.6 Å². The van der Waals surface area contributed by atoms with E-state index < -0.39 is 0 Å². The largest absolute Gasteiger partial charge is 0.379 e. The van der Waals surface area contributed by atoms with Gasteiger partial charge in [0.2, 0.25) is 0 Å². The molecule has 1 heterocycles. The maximum Gasteiger partial charge on any atom is 0.315 e. The highest BCUT2D eigenvalue weighted by molar-refractivity contribution is 5.73. The van der Waals surface area contributed by atoms with Crippen LogP contribution in [-0.2, 0) is 11.3 Å². The number of carbonyl (C=O) groups excluding carboxylic acids is 1. The maximum atomic E-state index is 11.7. The minimum atomic E-state index is -0.177. The zero-order valence-electron chi connectivity index (χ0n) is 12.7. The van der Waals surface area contributed by atoms with E-state index in [-0.39, 0.29) is 6.03 Å². The molecule has 2 rings (SSSR count). The lowest BCUT2D eigenvalue weighted by atomic mass is 10.1. The van der Waals surface area contributed by atoms with Crippen molar-refractivity contribution < 1.29 is 9.53 Å². The van der Waals surface area contributed by atoms with Gasteiger partial charge in [-0.3, -0.25) is 4.90 Å². The third-order valence-corrected chi connectivity index (χ3v) is 3.55. The number of rotatable bonds is 6. The first-order chi connectivity index (χ1) is 10.8. The van der Waals surface area contributed by atoms with Crippen molar-refractivity contribution >= 4 is 6.03 Å². The molecule has 0 unspecified atom stereocenters. The van der Waals surface area contributed by atoms with Crippen LogP contribution in [0.15, 0.2) is 24.3 Å². The summed E-state index contributed by atoms with van der Waals surface area (Å²) in [6, 6.07) is 9.14. The Balaban J connectivity index is 1.58. The van der Waals surface area contributed by atoms with Crippen LogP contribution in [0.2, 0.25) is 0 Å². The molecule has 1 aromatic carbocycles. The minimum Gasteiger partial charge on any atom is -0.379 e. The summed E-state index contributed by atoms with van der Waals surface area (Å²) in [6.07, 6.45) is 0.928. The highest BCUT2D eigenvalue weighted by Gasteiger charge is 2.09. The molecular weight excluding hydrogens is 280 g/mol. The van der Waals surface area contributed by atoms with Gasteiger partial charge in [0, 0.05) is 26.2 Å². The van der Waals surface area contributed by atoms with Crippen molar-refractivity contribution in [3.63, 3.8) is 0 Å². The molecule has 1 saturated heterocycles. The number of benzene rings is 1. The van der Waals surface area contributed by atoms with Gasteiger partial charge in [-0.15, -0.1) is 0 Å². The average molecular weight is 302 g/mol. The Hall–Kier alpha value is -2.10. The van der Waals surface area contributed by atoms with Crippen LogP contribution >= 0.6 is 0 Å². The number of nitrogens with zero attached hydrogens (tertiary/aromatic N) is 2. The second kappa shape index (κ2) is 9.03. The predicted octanol–water partition coefficient (Wildman–Crippen LogP) is 1.08. The quantitative estimate of drug-likeness (QED) is 0.771. The molecule has 0 atom stereocenters. The standard InChI is InChI=1S/C16H22N4O2/c17-12-14-3-1-4-15(11-14)13-19-16(21)18-5-2-6-20-7-9-22-10-8-20/h1,3-4,11H,2,5-10,13H2,(H2,18,19,21). The first-order valence-corrected chi connectivity index (χ1v) is 7.59. The van der Waals surface area contributed by atoms with Crippen molar-refractivity contribution in [2.45, 2.75) is 13.0 Å². The molecule has 0 aliphatic carbocycles. The van der Waals surface area contributed by atoms with Crippen LogP contribution in [0, 0.1) is 11.3 Å². The van der Waals surface area contributed by atoms with E-state index in [9.17, 15) is 4.79 Å². The number of hydrogen-bond acceptors (Lipinski definition) is 4. The van der Waals surface area contributed by atoms with E-state index in [1.54, 1.807) is 12.1 Å². The molecule has 6 heteroatoms. The third kappa shape index (κ3) is 5.72. The normalized spacial score (nSPS) is 15.0. The molecular formula is C16H22N4O2. The molecule has 1 aliphatic rings. The Morgan fingerprint density at radius 2 is 2.14 bits per heavy atom. The number of amides is 2. The van der Waals surface area contributed by atoms with Gasteiger partial charge in [-0.25, -0.2) is 4.79 Å². The van der Waals surface area contributed by atoms with Crippen LogP contribution in [0.5, 0.6) is 0 Å². The van der Waals surface area contributed by atoms with Crippen LogP contribution < -0.4 is 10.6 Å². The molecule has 1 fully saturated rings. The second-order valence-electron chi connectivity index (χ2n) is 5.23. The molecule has 0 radical (unpaired) electrons. The highest BCUT2D eigenvalue weighted by Crippen LogP contribution is 2.03. The van der Waals surface area contributed by atoms with Crippen molar-refractivity contribution in [2.75, 3.05) is 39.4 Å². The van der Waals surface area contributed by atoms with Gasteiger partial charge in [-0.2, -0.15) is 5.26 Å². The summed E-state index contributed by atoms with van der Waals surface area (Å²) in [5.74, 6) is 0. The van der Waals surface area contributed by atoms with Crippen molar-refractivity contribution in [1.29, 1.82) is 5.26 Å². The third-order valence-electron chi connectivity index (χ3n) is 3.55. The lowest BCUT2D eigenvalue weighted by Gasteiger charge is -2.26. The summed E-state index contributed by atoms with van der Waals surface area (Å²) in [5.41, 5.74) is 1.52. The lowest BCUT2D eigenvalue weighted by Crippen LogP contribution is -2.39. The fraction of sp³-hybridized carbons (Fsp3) is 0.500. The van der Waals surface area contributed by atoms with Gasteiger partial charge in [0.05, 0.1) is 24.8 Å². The first kappa shape index (κ1) is 16.3. The van der Waals surface area contributed by atoms with E-state index in [1.807, 2.05) is 12.1 Å². The number of nitriles is 1. The Kier molecular flexibility index (Phi) is 6.68. The Morgan fingerprint density at radius 1 is 1.32 bits per heavy atom. The minimum absolute atomic E-state index is 0.177. The number of morpholine rings is 1. The predicted molar refractivity (Wildman–Crippen MR) is 83.3 cm³/mol. The van der Waals surface area contributed by atoms with Crippen molar-refractivity contribution in [3.05, 3.63) is 35.4 Å². The Bertz CT molecular complexity index is 521. The van der Waals surface area contributed by atoms with Crippen molar-refractivity contribution in [3.8, 4) is 6.07 Å². The highest BCUT2D eigenvalue weighted by atomic mass is 16.5. The van der Waals surface area contributed by atoms with Crippen LogP contribution in [0.25, 0.3) is 0 Å². The van der Waals surface area contributed by atoms with Gasteiger partial charge in [0.15, 0.2) is 0 Å². The number of nitrogens with one attached hydrogen (secondary N) is 2. The summed E-state index contributed by atoms with van der Waals surface area (Å²) in [7, 11) is 0. The summed E-state index contributed by atoms with van der Waals surface area (Å²) >= 11 is 0. The SMILES string of the molecule is N#Cc1cccc(CNC(=O)NCCCN2CCOCC2)c1. The second-order valence-corrected chi connectivity index (χ2v) is 5.23. The smallest absolute Gasteiger partial charge is 0.315 e. The molecule has 2 N–H and O–H groups in total. The topological polar surface area (TPSA) is 77.4 Å². The zero-order chi connectivity index (χ0) is 15.6. The number of urea groups is 1. The van der Waals surface area contributed by atoms with E-state index in [1.165, 1.54) is 0 Å². The van der Waals surface area contributed by atoms with Gasteiger partial charge in [0.25, 0.3) is 0 Å². The molecule has 1 aromatic rings.